The SMILES string of the molecule is CC1(C)c2ccccc2N(c2cc3c(cc2N2c4ccccc4C(C)(C)c4ccccc42)-c2nc4ccccc4n2C3=O)c2ccccc21. The zero-order chi connectivity index (χ0) is 33.2. The van der Waals surface area contributed by atoms with Crippen LogP contribution in [0.15, 0.2) is 133 Å². The summed E-state index contributed by atoms with van der Waals surface area (Å²) in [6.45, 7) is 9.23. The molecule has 6 aromatic carbocycles. The second-order valence-corrected chi connectivity index (χ2v) is 14.4. The van der Waals surface area contributed by atoms with E-state index in [0.717, 1.165) is 50.7 Å². The van der Waals surface area contributed by atoms with Gasteiger partial charge < -0.3 is 9.80 Å². The van der Waals surface area contributed by atoms with Gasteiger partial charge in [0.05, 0.1) is 50.7 Å². The van der Waals surface area contributed by atoms with Crippen LogP contribution in [0.5, 0.6) is 0 Å². The van der Waals surface area contributed by atoms with Gasteiger partial charge >= 0.3 is 0 Å². The third kappa shape index (κ3) is 3.59. The topological polar surface area (TPSA) is 41.4 Å². The average molecular weight is 635 g/mol. The number of fused-ring (bicyclic) bond motifs is 9. The van der Waals surface area contributed by atoms with Crippen molar-refractivity contribution < 1.29 is 4.79 Å². The van der Waals surface area contributed by atoms with Crippen molar-refractivity contribution in [1.82, 2.24) is 9.55 Å². The summed E-state index contributed by atoms with van der Waals surface area (Å²) in [5.74, 6) is 0.638. The number of hydrogen-bond donors (Lipinski definition) is 0. The Balaban J connectivity index is 1.34. The number of imidazole rings is 1. The molecule has 236 valence electrons. The second-order valence-electron chi connectivity index (χ2n) is 14.4. The van der Waals surface area contributed by atoms with Crippen LogP contribution in [-0.2, 0) is 10.8 Å². The van der Waals surface area contributed by atoms with Crippen molar-refractivity contribution in [1.29, 1.82) is 0 Å². The number of aromatic nitrogens is 2. The number of carbonyl (C=O) groups is 1. The molecule has 0 fully saturated rings. The van der Waals surface area contributed by atoms with Crippen molar-refractivity contribution >= 4 is 51.1 Å². The second kappa shape index (κ2) is 9.57. The van der Waals surface area contributed by atoms with Crippen LogP contribution >= 0.6 is 0 Å². The summed E-state index contributed by atoms with van der Waals surface area (Å²) in [6, 6.07) is 47.1. The lowest BCUT2D eigenvalue weighted by molar-refractivity contribution is 0.0973. The van der Waals surface area contributed by atoms with Crippen LogP contribution in [0.1, 0.15) is 60.3 Å². The molecule has 49 heavy (non-hydrogen) atoms. The number of carbonyl (C=O) groups excluding carboxylic acids is 1. The summed E-state index contributed by atoms with van der Waals surface area (Å²) in [7, 11) is 0. The van der Waals surface area contributed by atoms with Crippen molar-refractivity contribution in [2.24, 2.45) is 0 Å². The van der Waals surface area contributed by atoms with E-state index >= 15 is 0 Å². The molecule has 0 atom stereocenters. The van der Waals surface area contributed by atoms with Gasteiger partial charge in [-0.05, 0) is 70.8 Å². The first-order valence-electron chi connectivity index (χ1n) is 17.0. The van der Waals surface area contributed by atoms with Crippen LogP contribution in [0.2, 0.25) is 0 Å². The number of benzene rings is 6. The Labute approximate surface area is 285 Å². The summed E-state index contributed by atoms with van der Waals surface area (Å²) in [5, 5.41) is 0. The summed E-state index contributed by atoms with van der Waals surface area (Å²) in [6.07, 6.45) is 0. The van der Waals surface area contributed by atoms with Crippen LogP contribution in [0.3, 0.4) is 0 Å². The highest BCUT2D eigenvalue weighted by Crippen LogP contribution is 2.58. The lowest BCUT2D eigenvalue weighted by Gasteiger charge is -2.45. The van der Waals surface area contributed by atoms with Gasteiger partial charge in [-0.25, -0.2) is 4.98 Å². The standard InChI is InChI=1S/C44H34N4O/c1-43(2)29-15-5-10-20-34(29)46(35-21-11-6-16-30(35)43)39-25-27-28(42(49)48-38-24-14-9-19-33(38)45-41(27)48)26-40(39)47-36-22-12-7-17-31(36)44(3,4)32-18-8-13-23-37(32)47/h5-26H,1-4H3. The highest BCUT2D eigenvalue weighted by Gasteiger charge is 2.42. The van der Waals surface area contributed by atoms with E-state index in [0.29, 0.717) is 11.4 Å². The molecule has 0 bridgehead atoms. The molecule has 0 unspecified atom stereocenters. The van der Waals surface area contributed by atoms with Crippen molar-refractivity contribution in [2.75, 3.05) is 9.80 Å². The summed E-state index contributed by atoms with van der Waals surface area (Å²) in [5.41, 5.74) is 14.1. The minimum atomic E-state index is -0.216. The predicted molar refractivity (Wildman–Crippen MR) is 199 cm³/mol. The molecule has 1 aromatic heterocycles. The number of hydrogen-bond acceptors (Lipinski definition) is 4. The van der Waals surface area contributed by atoms with Crippen molar-refractivity contribution in [3.8, 4) is 11.4 Å². The quantitative estimate of drug-likeness (QED) is 0.190. The Morgan fingerprint density at radius 1 is 0.469 bits per heavy atom. The predicted octanol–water partition coefficient (Wildman–Crippen LogP) is 10.9. The molecule has 7 aromatic rings. The molecular weight excluding hydrogens is 601 g/mol. The molecule has 0 saturated carbocycles. The van der Waals surface area contributed by atoms with Gasteiger partial charge in [-0.1, -0.05) is 113 Å². The number of nitrogens with zero attached hydrogens (tertiary/aromatic N) is 4. The first kappa shape index (κ1) is 28.1. The smallest absolute Gasteiger partial charge is 0.264 e. The summed E-state index contributed by atoms with van der Waals surface area (Å²) >= 11 is 0. The van der Waals surface area contributed by atoms with Crippen LogP contribution < -0.4 is 9.80 Å². The Kier molecular flexibility index (Phi) is 5.49. The van der Waals surface area contributed by atoms with E-state index in [-0.39, 0.29) is 16.7 Å². The molecule has 0 amide bonds. The molecule has 0 saturated heterocycles. The lowest BCUT2D eigenvalue weighted by Crippen LogP contribution is -2.33. The van der Waals surface area contributed by atoms with Crippen LogP contribution in [0.25, 0.3) is 22.4 Å². The monoisotopic (exact) mass is 634 g/mol. The van der Waals surface area contributed by atoms with E-state index < -0.39 is 0 Å². The Morgan fingerprint density at radius 3 is 1.33 bits per heavy atom. The molecule has 0 spiro atoms. The first-order chi connectivity index (χ1) is 23.8. The van der Waals surface area contributed by atoms with Gasteiger partial charge in [0, 0.05) is 16.4 Å². The number of rotatable bonds is 2. The fraction of sp³-hybridized carbons (Fsp3) is 0.136. The van der Waals surface area contributed by atoms with Crippen LogP contribution in [0, 0.1) is 0 Å². The molecule has 0 radical (unpaired) electrons. The maximum atomic E-state index is 14.5. The maximum absolute atomic E-state index is 14.5. The van der Waals surface area contributed by atoms with E-state index in [1.165, 1.54) is 22.3 Å². The summed E-state index contributed by atoms with van der Waals surface area (Å²) in [4.78, 5) is 24.3. The van der Waals surface area contributed by atoms with E-state index in [4.69, 9.17) is 4.98 Å². The van der Waals surface area contributed by atoms with E-state index in [2.05, 4.69) is 147 Å². The van der Waals surface area contributed by atoms with Gasteiger partial charge in [0.2, 0.25) is 0 Å². The van der Waals surface area contributed by atoms with Crippen molar-refractivity contribution in [2.45, 2.75) is 38.5 Å². The highest BCUT2D eigenvalue weighted by atomic mass is 16.2. The minimum Gasteiger partial charge on any atom is -0.308 e. The van der Waals surface area contributed by atoms with Gasteiger partial charge in [-0.15, -0.1) is 0 Å². The maximum Gasteiger partial charge on any atom is 0.264 e. The van der Waals surface area contributed by atoms with Gasteiger partial charge in [0.1, 0.15) is 5.82 Å². The molecular formula is C44H34N4O. The Bertz CT molecular complexity index is 2460. The minimum absolute atomic E-state index is 0.0500. The fourth-order valence-electron chi connectivity index (χ4n) is 8.69. The van der Waals surface area contributed by atoms with E-state index in [1.54, 1.807) is 4.57 Å². The van der Waals surface area contributed by atoms with Gasteiger partial charge in [-0.2, -0.15) is 0 Å². The summed E-state index contributed by atoms with van der Waals surface area (Å²) < 4.78 is 1.79. The van der Waals surface area contributed by atoms with Crippen LogP contribution in [0.4, 0.5) is 34.1 Å². The van der Waals surface area contributed by atoms with Gasteiger partial charge in [-0.3, -0.25) is 9.36 Å². The average Bonchev–Trinajstić information content (AvgIpc) is 3.63. The molecule has 0 N–H and O–H groups in total. The molecule has 0 aliphatic carbocycles. The molecule has 3 aliphatic rings. The molecule has 5 nitrogen and oxygen atoms in total. The van der Waals surface area contributed by atoms with Crippen molar-refractivity contribution in [3.63, 3.8) is 0 Å². The van der Waals surface area contributed by atoms with Crippen LogP contribution in [-0.4, -0.2) is 15.5 Å². The largest absolute Gasteiger partial charge is 0.308 e. The Morgan fingerprint density at radius 2 is 0.857 bits per heavy atom. The Hall–Kier alpha value is -5.94. The van der Waals surface area contributed by atoms with Gasteiger partial charge in [0.15, 0.2) is 0 Å². The third-order valence-corrected chi connectivity index (χ3v) is 11.1. The fourth-order valence-corrected chi connectivity index (χ4v) is 8.69. The zero-order valence-electron chi connectivity index (χ0n) is 27.9. The lowest BCUT2D eigenvalue weighted by atomic mass is 9.73. The number of anilines is 6. The normalized spacial score (nSPS) is 16.0. The highest BCUT2D eigenvalue weighted by molar-refractivity contribution is 6.15. The van der Waals surface area contributed by atoms with Gasteiger partial charge in [0.25, 0.3) is 5.91 Å². The molecule has 4 heterocycles. The van der Waals surface area contributed by atoms with Crippen molar-refractivity contribution in [3.05, 3.63) is 161 Å². The molecule has 3 aliphatic heterocycles. The zero-order valence-corrected chi connectivity index (χ0v) is 27.9. The van der Waals surface area contributed by atoms with E-state index in [9.17, 15) is 4.79 Å². The van der Waals surface area contributed by atoms with E-state index in [1.807, 2.05) is 24.3 Å². The third-order valence-electron chi connectivity index (χ3n) is 11.1. The molecule has 10 rings (SSSR count). The first-order valence-corrected chi connectivity index (χ1v) is 17.0. The molecule has 5 heteroatoms. The number of para-hydroxylation sites is 6.